The maximum Gasteiger partial charge on any atom is 0.00130 e. The van der Waals surface area contributed by atoms with Crippen molar-refractivity contribution in [3.8, 4) is 0 Å². The average Bonchev–Trinajstić information content (AvgIpc) is 1.65. The maximum absolute atomic E-state index is 5.57. The van der Waals surface area contributed by atoms with Crippen LogP contribution in [0.15, 0.2) is 0 Å². The molecule has 0 aromatic rings. The molecule has 0 spiro atoms. The third-order valence-corrected chi connectivity index (χ3v) is 1.47. The van der Waals surface area contributed by atoms with Gasteiger partial charge >= 0.3 is 0 Å². The van der Waals surface area contributed by atoms with E-state index in [4.69, 9.17) is 5.73 Å². The lowest BCUT2D eigenvalue weighted by Gasteiger charge is -2.09. The van der Waals surface area contributed by atoms with Crippen LogP contribution < -0.4 is 5.73 Å². The fourth-order valence-corrected chi connectivity index (χ4v) is 0.801. The molecule has 0 aliphatic heterocycles. The molecule has 1 unspecified atom stereocenters. The van der Waals surface area contributed by atoms with Crippen LogP contribution in [0.5, 0.6) is 0 Å². The molecule has 0 saturated carbocycles. The van der Waals surface area contributed by atoms with E-state index >= 15 is 0 Å². The van der Waals surface area contributed by atoms with Crippen molar-refractivity contribution in [2.75, 3.05) is 0 Å². The molecule has 8 heavy (non-hydrogen) atoms. The molecular weight excluding hydrogens is 98.1 g/mol. The summed E-state index contributed by atoms with van der Waals surface area (Å²) in [5.41, 5.74) is 5.57. The van der Waals surface area contributed by atoms with Gasteiger partial charge in [0.1, 0.15) is 0 Å². The summed E-state index contributed by atoms with van der Waals surface area (Å²) in [5, 5.41) is 0. The maximum atomic E-state index is 5.57. The van der Waals surface area contributed by atoms with Gasteiger partial charge in [-0.2, -0.15) is 0 Å². The molecule has 0 aromatic carbocycles. The molecule has 0 aliphatic carbocycles. The van der Waals surface area contributed by atoms with Crippen molar-refractivity contribution < 1.29 is 0 Å². The molecule has 1 heteroatoms. The Morgan fingerprint density at radius 3 is 2.00 bits per heavy atom. The quantitative estimate of drug-likeness (QED) is 0.596. The zero-order chi connectivity index (χ0) is 6.57. The van der Waals surface area contributed by atoms with E-state index in [2.05, 4.69) is 20.8 Å². The van der Waals surface area contributed by atoms with Gasteiger partial charge in [0.2, 0.25) is 0 Å². The normalized spacial score (nSPS) is 18.0. The van der Waals surface area contributed by atoms with Crippen LogP contribution in [-0.2, 0) is 0 Å². The Hall–Kier alpha value is -0.0400. The molecule has 50 valence electrons. The Balaban J connectivity index is 3.10. The van der Waals surface area contributed by atoms with Gasteiger partial charge in [-0.3, -0.25) is 0 Å². The minimum atomic E-state index is 0.380. The van der Waals surface area contributed by atoms with Crippen molar-refractivity contribution in [1.29, 1.82) is 0 Å². The second-order valence-electron chi connectivity index (χ2n) is 2.73. The van der Waals surface area contributed by atoms with Gasteiger partial charge in [0.25, 0.3) is 0 Å². The van der Waals surface area contributed by atoms with Crippen LogP contribution in [0.25, 0.3) is 0 Å². The van der Waals surface area contributed by atoms with Crippen LogP contribution in [0, 0.1) is 5.92 Å². The lowest BCUT2D eigenvalue weighted by atomic mass is 10.0. The summed E-state index contributed by atoms with van der Waals surface area (Å²) in [4.78, 5) is 0. The van der Waals surface area contributed by atoms with Gasteiger partial charge in [-0.1, -0.05) is 20.3 Å². The Morgan fingerprint density at radius 2 is 1.88 bits per heavy atom. The van der Waals surface area contributed by atoms with Gasteiger partial charge < -0.3 is 5.73 Å². The molecule has 0 radical (unpaired) electrons. The second kappa shape index (κ2) is 3.90. The summed E-state index contributed by atoms with van der Waals surface area (Å²) in [6, 6.07) is 0.380. The zero-order valence-electron chi connectivity index (χ0n) is 6.15. The first-order chi connectivity index (χ1) is 3.66. The van der Waals surface area contributed by atoms with E-state index in [1.807, 2.05) is 0 Å². The second-order valence-corrected chi connectivity index (χ2v) is 2.73. The van der Waals surface area contributed by atoms with Gasteiger partial charge in [0, 0.05) is 6.04 Å². The van der Waals surface area contributed by atoms with E-state index in [-0.39, 0.29) is 0 Å². The van der Waals surface area contributed by atoms with E-state index in [9.17, 15) is 0 Å². The van der Waals surface area contributed by atoms with Crippen LogP contribution >= 0.6 is 0 Å². The van der Waals surface area contributed by atoms with Crippen LogP contribution in [0.2, 0.25) is 0 Å². The van der Waals surface area contributed by atoms with Crippen LogP contribution in [0.4, 0.5) is 0 Å². The highest BCUT2D eigenvalue weighted by atomic mass is 14.6. The minimum Gasteiger partial charge on any atom is -0.328 e. The summed E-state index contributed by atoms with van der Waals surface area (Å²) >= 11 is 0. The fourth-order valence-electron chi connectivity index (χ4n) is 0.801. The molecule has 0 aliphatic rings. The molecule has 0 fully saturated rings. The first-order valence-corrected chi connectivity index (χ1v) is 3.42. The first-order valence-electron chi connectivity index (χ1n) is 3.42. The number of nitrogens with two attached hydrogens (primary N) is 1. The smallest absolute Gasteiger partial charge is 0.00130 e. The van der Waals surface area contributed by atoms with Crippen molar-refractivity contribution in [3.05, 3.63) is 0 Å². The molecule has 0 saturated heterocycles. The average molecular weight is 115 g/mol. The minimum absolute atomic E-state index is 0.380. The summed E-state index contributed by atoms with van der Waals surface area (Å²) in [6.07, 6.45) is 2.41. The Morgan fingerprint density at radius 1 is 1.38 bits per heavy atom. The lowest BCUT2D eigenvalue weighted by Crippen LogP contribution is -2.17. The molecule has 2 N–H and O–H groups in total. The van der Waals surface area contributed by atoms with Crippen molar-refractivity contribution in [2.24, 2.45) is 11.7 Å². The fraction of sp³-hybridized carbons (Fsp3) is 1.00. The molecule has 0 heterocycles. The van der Waals surface area contributed by atoms with E-state index in [0.29, 0.717) is 6.04 Å². The molecule has 0 amide bonds. The van der Waals surface area contributed by atoms with Gasteiger partial charge in [-0.15, -0.1) is 0 Å². The van der Waals surface area contributed by atoms with Crippen molar-refractivity contribution >= 4 is 0 Å². The zero-order valence-corrected chi connectivity index (χ0v) is 6.15. The van der Waals surface area contributed by atoms with Crippen molar-refractivity contribution in [3.63, 3.8) is 0 Å². The third kappa shape index (κ3) is 4.13. The number of rotatable bonds is 3. The standard InChI is InChI=1S/C7H17N/c1-4-6(2)5-7(3)8/h6-7H,4-5,8H2,1-3H3/t6?,7-/m1/s1. The van der Waals surface area contributed by atoms with E-state index in [1.165, 1.54) is 6.42 Å². The van der Waals surface area contributed by atoms with E-state index < -0.39 is 0 Å². The molecular formula is C7H17N. The summed E-state index contributed by atoms with van der Waals surface area (Å²) in [5.74, 6) is 0.801. The highest BCUT2D eigenvalue weighted by Gasteiger charge is 2.00. The van der Waals surface area contributed by atoms with Crippen molar-refractivity contribution in [2.45, 2.75) is 39.7 Å². The molecule has 0 bridgehead atoms. The van der Waals surface area contributed by atoms with Gasteiger partial charge in [0.15, 0.2) is 0 Å². The Labute approximate surface area is 52.3 Å². The van der Waals surface area contributed by atoms with Crippen LogP contribution in [-0.4, -0.2) is 6.04 Å². The Bertz CT molecular complexity index is 50.3. The highest BCUT2D eigenvalue weighted by molar-refractivity contribution is 4.57. The lowest BCUT2D eigenvalue weighted by molar-refractivity contribution is 0.469. The van der Waals surface area contributed by atoms with Gasteiger partial charge in [0.05, 0.1) is 0 Å². The third-order valence-electron chi connectivity index (χ3n) is 1.47. The number of hydrogen-bond acceptors (Lipinski definition) is 1. The number of hydrogen-bond donors (Lipinski definition) is 1. The van der Waals surface area contributed by atoms with Crippen LogP contribution in [0.1, 0.15) is 33.6 Å². The van der Waals surface area contributed by atoms with Gasteiger partial charge in [-0.25, -0.2) is 0 Å². The molecule has 0 aromatic heterocycles. The van der Waals surface area contributed by atoms with E-state index in [0.717, 1.165) is 12.3 Å². The van der Waals surface area contributed by atoms with Crippen molar-refractivity contribution in [1.82, 2.24) is 0 Å². The summed E-state index contributed by atoms with van der Waals surface area (Å²) < 4.78 is 0. The SMILES string of the molecule is CCC(C)C[C@@H](C)N. The van der Waals surface area contributed by atoms with Crippen LogP contribution in [0.3, 0.4) is 0 Å². The summed E-state index contributed by atoms with van der Waals surface area (Å²) in [7, 11) is 0. The monoisotopic (exact) mass is 115 g/mol. The van der Waals surface area contributed by atoms with E-state index in [1.54, 1.807) is 0 Å². The summed E-state index contributed by atoms with van der Waals surface area (Å²) in [6.45, 7) is 6.50. The predicted molar refractivity (Wildman–Crippen MR) is 37.7 cm³/mol. The Kier molecular flexibility index (Phi) is 3.88. The molecule has 2 atom stereocenters. The first kappa shape index (κ1) is 7.96. The molecule has 0 rings (SSSR count). The van der Waals surface area contributed by atoms with Gasteiger partial charge in [-0.05, 0) is 19.3 Å². The highest BCUT2D eigenvalue weighted by Crippen LogP contribution is 2.07. The molecule has 1 nitrogen and oxygen atoms in total. The topological polar surface area (TPSA) is 26.0 Å². The largest absolute Gasteiger partial charge is 0.328 e. The predicted octanol–water partition coefficient (Wildman–Crippen LogP) is 1.77.